The highest BCUT2D eigenvalue weighted by atomic mass is 16.6. The van der Waals surface area contributed by atoms with Gasteiger partial charge in [-0.3, -0.25) is 29.8 Å². The maximum absolute atomic E-state index is 13.9. The summed E-state index contributed by atoms with van der Waals surface area (Å²) in [5, 5.41) is 27.3. The first kappa shape index (κ1) is 25.9. The molecule has 0 radical (unpaired) electrons. The van der Waals surface area contributed by atoms with Crippen molar-refractivity contribution in [3.05, 3.63) is 58.1 Å². The van der Waals surface area contributed by atoms with Crippen LogP contribution in [0.2, 0.25) is 0 Å². The highest BCUT2D eigenvalue weighted by Crippen LogP contribution is 2.52. The Labute approximate surface area is 221 Å². The molecule has 0 bridgehead atoms. The fraction of sp³-hybridized carbons (Fsp3) is 0.360. The van der Waals surface area contributed by atoms with Crippen LogP contribution in [0.3, 0.4) is 0 Å². The molecule has 4 unspecified atom stereocenters. The number of carboxylic acids is 1. The van der Waals surface area contributed by atoms with Crippen molar-refractivity contribution in [2.75, 3.05) is 24.7 Å². The number of carboxylic acid groups (broad SMARTS) is 1. The normalized spacial score (nSPS) is 25.3. The molecule has 0 aromatic heterocycles. The molecule has 5 rings (SSSR count). The summed E-state index contributed by atoms with van der Waals surface area (Å²) in [4.78, 5) is 63.2. The number of imide groups is 1. The van der Waals surface area contributed by atoms with Crippen molar-refractivity contribution in [1.82, 2.24) is 10.6 Å². The third-order valence-electron chi connectivity index (χ3n) is 7.31. The molecular formula is C25H25N5O9. The highest BCUT2D eigenvalue weighted by molar-refractivity contribution is 6.24. The number of nitrogens with two attached hydrogens (primary N) is 1. The van der Waals surface area contributed by atoms with Gasteiger partial charge in [-0.1, -0.05) is 12.1 Å². The number of nitro benzene ring substituents is 1. The minimum absolute atomic E-state index is 0.0239. The molecule has 3 aliphatic heterocycles. The van der Waals surface area contributed by atoms with Crippen molar-refractivity contribution < 1.29 is 38.7 Å². The van der Waals surface area contributed by atoms with Gasteiger partial charge in [0, 0.05) is 24.7 Å². The maximum Gasteiger partial charge on any atom is 0.324 e. The van der Waals surface area contributed by atoms with E-state index in [1.165, 1.54) is 18.2 Å². The lowest BCUT2D eigenvalue weighted by atomic mass is 9.77. The van der Waals surface area contributed by atoms with E-state index >= 15 is 0 Å². The Hall–Kier alpha value is -4.72. The fourth-order valence-corrected chi connectivity index (χ4v) is 5.65. The molecule has 5 N–H and O–H groups in total. The molecule has 2 aromatic rings. The van der Waals surface area contributed by atoms with Crippen LogP contribution in [0.1, 0.15) is 24.4 Å². The molecule has 204 valence electrons. The van der Waals surface area contributed by atoms with Gasteiger partial charge < -0.3 is 25.6 Å². The largest absolute Gasteiger partial charge is 0.486 e. The van der Waals surface area contributed by atoms with E-state index in [1.54, 1.807) is 18.2 Å². The quantitative estimate of drug-likeness (QED) is 0.163. The number of nitro groups is 1. The molecule has 14 nitrogen and oxygen atoms in total. The van der Waals surface area contributed by atoms with Crippen LogP contribution in [-0.2, 0) is 14.4 Å². The molecule has 0 spiro atoms. The van der Waals surface area contributed by atoms with Crippen molar-refractivity contribution in [2.45, 2.75) is 24.4 Å². The van der Waals surface area contributed by atoms with Crippen molar-refractivity contribution in [2.24, 2.45) is 17.6 Å². The zero-order valence-electron chi connectivity index (χ0n) is 20.5. The summed E-state index contributed by atoms with van der Waals surface area (Å²) in [6, 6.07) is 8.32. The Morgan fingerprint density at radius 2 is 1.90 bits per heavy atom. The molecule has 39 heavy (non-hydrogen) atoms. The van der Waals surface area contributed by atoms with Crippen LogP contribution in [-0.4, -0.2) is 59.1 Å². The number of aliphatic carboxylic acids is 1. The molecule has 0 saturated carbocycles. The van der Waals surface area contributed by atoms with E-state index in [0.29, 0.717) is 30.3 Å². The van der Waals surface area contributed by atoms with Crippen molar-refractivity contribution in [1.29, 1.82) is 0 Å². The standard InChI is InChI=1S/C25H25N5O9/c26-24(35)27-8-2-7-25(23(33)34)19-18(20(28-25)13-5-6-16-17(11-13)39-10-9-38-16)21(31)29(22(19)32)14-3-1-4-15(12-14)30(36)37/h1,3-6,11-12,18-20,28H,2,7-10H2,(H,33,34)(H3,26,27,35). The Balaban J connectivity index is 1.58. The molecular weight excluding hydrogens is 514 g/mol. The average Bonchev–Trinajstić information content (AvgIpc) is 3.40. The number of fused-ring (bicyclic) bond motifs is 2. The van der Waals surface area contributed by atoms with E-state index in [-0.39, 0.29) is 30.8 Å². The minimum atomic E-state index is -1.88. The summed E-state index contributed by atoms with van der Waals surface area (Å²) < 4.78 is 11.2. The Kier molecular flexibility index (Phi) is 6.56. The van der Waals surface area contributed by atoms with Gasteiger partial charge in [0.15, 0.2) is 11.5 Å². The molecule has 4 atom stereocenters. The molecule has 14 heteroatoms. The zero-order chi connectivity index (χ0) is 27.9. The number of carbonyl (C=O) groups is 4. The van der Waals surface area contributed by atoms with Crippen LogP contribution in [0, 0.1) is 22.0 Å². The SMILES string of the molecule is NC(=O)NCCCC1(C(=O)O)NC(c2ccc3c(c2)OCCO3)C2C(=O)N(c3cccc([N+](=O)[O-])c3)C(=O)C21. The second kappa shape index (κ2) is 9.87. The Morgan fingerprint density at radius 1 is 1.15 bits per heavy atom. The number of rotatable bonds is 8. The zero-order valence-corrected chi connectivity index (χ0v) is 20.5. The first-order chi connectivity index (χ1) is 18.6. The number of urea groups is 1. The van der Waals surface area contributed by atoms with Crippen LogP contribution in [0.5, 0.6) is 11.5 Å². The van der Waals surface area contributed by atoms with Gasteiger partial charge in [-0.15, -0.1) is 0 Å². The van der Waals surface area contributed by atoms with Gasteiger partial charge in [0.1, 0.15) is 18.8 Å². The summed E-state index contributed by atoms with van der Waals surface area (Å²) in [7, 11) is 0. The number of anilines is 1. The molecule has 3 heterocycles. The van der Waals surface area contributed by atoms with E-state index in [1.807, 2.05) is 0 Å². The molecule has 2 saturated heterocycles. The first-order valence-corrected chi connectivity index (χ1v) is 12.2. The lowest BCUT2D eigenvalue weighted by Gasteiger charge is -2.31. The van der Waals surface area contributed by atoms with Crippen LogP contribution >= 0.6 is 0 Å². The van der Waals surface area contributed by atoms with Crippen molar-refractivity contribution in [3.63, 3.8) is 0 Å². The Morgan fingerprint density at radius 3 is 2.59 bits per heavy atom. The van der Waals surface area contributed by atoms with Crippen LogP contribution in [0.25, 0.3) is 0 Å². The van der Waals surface area contributed by atoms with Gasteiger partial charge in [-0.2, -0.15) is 0 Å². The van der Waals surface area contributed by atoms with Crippen LogP contribution in [0.15, 0.2) is 42.5 Å². The highest BCUT2D eigenvalue weighted by Gasteiger charge is 2.68. The number of ether oxygens (including phenoxy) is 2. The summed E-state index contributed by atoms with van der Waals surface area (Å²) in [5.41, 5.74) is 3.39. The number of nitrogens with one attached hydrogen (secondary N) is 2. The number of benzene rings is 2. The van der Waals surface area contributed by atoms with Gasteiger partial charge >= 0.3 is 12.0 Å². The van der Waals surface area contributed by atoms with Gasteiger partial charge in [0.05, 0.1) is 22.4 Å². The maximum atomic E-state index is 13.9. The molecule has 3 aliphatic rings. The number of hydrogen-bond donors (Lipinski definition) is 4. The number of amides is 4. The third kappa shape index (κ3) is 4.37. The molecule has 0 aliphatic carbocycles. The number of primary amides is 1. The van der Waals surface area contributed by atoms with E-state index in [2.05, 4.69) is 10.6 Å². The molecule has 2 aromatic carbocycles. The number of non-ortho nitro benzene ring substituents is 1. The smallest absolute Gasteiger partial charge is 0.324 e. The van der Waals surface area contributed by atoms with E-state index in [0.717, 1.165) is 11.0 Å². The second-order valence-corrected chi connectivity index (χ2v) is 9.49. The average molecular weight is 540 g/mol. The van der Waals surface area contributed by atoms with Gasteiger partial charge in [-0.25, -0.2) is 9.69 Å². The Bertz CT molecular complexity index is 1380. The number of hydrogen-bond acceptors (Lipinski definition) is 9. The summed E-state index contributed by atoms with van der Waals surface area (Å²) in [6.45, 7) is 0.727. The first-order valence-electron chi connectivity index (χ1n) is 12.2. The summed E-state index contributed by atoms with van der Waals surface area (Å²) >= 11 is 0. The monoisotopic (exact) mass is 539 g/mol. The predicted octanol–water partition coefficient (Wildman–Crippen LogP) is 1.09. The van der Waals surface area contributed by atoms with Gasteiger partial charge in [0.25, 0.3) is 5.69 Å². The third-order valence-corrected chi connectivity index (χ3v) is 7.31. The summed E-state index contributed by atoms with van der Waals surface area (Å²) in [6.07, 6.45) is 0.0181. The van der Waals surface area contributed by atoms with Crippen LogP contribution in [0.4, 0.5) is 16.2 Å². The van der Waals surface area contributed by atoms with Crippen LogP contribution < -0.4 is 30.7 Å². The van der Waals surface area contributed by atoms with E-state index in [4.69, 9.17) is 15.2 Å². The van der Waals surface area contributed by atoms with Crippen molar-refractivity contribution in [3.8, 4) is 11.5 Å². The summed E-state index contributed by atoms with van der Waals surface area (Å²) in [5.74, 6) is -4.39. The topological polar surface area (TPSA) is 203 Å². The van der Waals surface area contributed by atoms with E-state index in [9.17, 15) is 34.4 Å². The minimum Gasteiger partial charge on any atom is -0.486 e. The molecule has 2 fully saturated rings. The van der Waals surface area contributed by atoms with E-state index < -0.39 is 52.2 Å². The predicted molar refractivity (Wildman–Crippen MR) is 133 cm³/mol. The number of carbonyl (C=O) groups excluding carboxylic acids is 3. The molecule has 4 amide bonds. The lowest BCUT2D eigenvalue weighted by Crippen LogP contribution is -2.56. The van der Waals surface area contributed by atoms with Gasteiger partial charge in [0.2, 0.25) is 11.8 Å². The fourth-order valence-electron chi connectivity index (χ4n) is 5.65. The van der Waals surface area contributed by atoms with Crippen molar-refractivity contribution >= 4 is 35.2 Å². The lowest BCUT2D eigenvalue weighted by molar-refractivity contribution is -0.384. The second-order valence-electron chi connectivity index (χ2n) is 9.49. The number of nitrogens with zero attached hydrogens (tertiary/aromatic N) is 2. The van der Waals surface area contributed by atoms with Gasteiger partial charge in [-0.05, 0) is 36.6 Å².